The molecule has 206 valence electrons. The standard InChI is InChI=1S/C29H35Cl3N2O4/c1-3-15-34(24-9-4-5-10-24)17-25-19(2)26(21-13-11-20(18-35)12-14-21)38-27(37-25)22-7-6-8-23(16-22)33-28(36)29(30,31)32/h3,6-8,11-14,16,19,24-27,35H,1,4-5,9-10,15,17-18H2,2H3,(H,33,36). The number of amides is 1. The summed E-state index contributed by atoms with van der Waals surface area (Å²) in [6.07, 6.45) is 5.81. The molecule has 6 nitrogen and oxygen atoms in total. The molecule has 1 aliphatic heterocycles. The third-order valence-electron chi connectivity index (χ3n) is 7.42. The Morgan fingerprint density at radius 2 is 1.84 bits per heavy atom. The summed E-state index contributed by atoms with van der Waals surface area (Å²) in [6, 6.07) is 15.6. The van der Waals surface area contributed by atoms with Crippen LogP contribution in [0.2, 0.25) is 0 Å². The smallest absolute Gasteiger partial charge is 0.276 e. The Labute approximate surface area is 239 Å². The Morgan fingerprint density at radius 1 is 1.13 bits per heavy atom. The molecule has 1 amide bonds. The molecular weight excluding hydrogens is 547 g/mol. The maximum Gasteiger partial charge on any atom is 0.276 e. The van der Waals surface area contributed by atoms with Crippen molar-refractivity contribution in [3.63, 3.8) is 0 Å². The van der Waals surface area contributed by atoms with Gasteiger partial charge in [0.05, 0.1) is 18.8 Å². The first-order valence-electron chi connectivity index (χ1n) is 13.0. The average molecular weight is 582 g/mol. The highest BCUT2D eigenvalue weighted by molar-refractivity contribution is 6.76. The summed E-state index contributed by atoms with van der Waals surface area (Å²) in [5, 5.41) is 12.1. The van der Waals surface area contributed by atoms with Crippen molar-refractivity contribution in [2.24, 2.45) is 5.92 Å². The lowest BCUT2D eigenvalue weighted by atomic mass is 9.89. The second kappa shape index (κ2) is 13.1. The molecule has 0 aromatic heterocycles. The summed E-state index contributed by atoms with van der Waals surface area (Å²) in [5.41, 5.74) is 3.09. The SMILES string of the molecule is C=CCN(CC1OC(c2cccc(NC(=O)C(Cl)(Cl)Cl)c2)OC(c2ccc(CO)cc2)C1C)C1CCCC1. The number of benzene rings is 2. The number of alkyl halides is 3. The van der Waals surface area contributed by atoms with E-state index in [0.717, 1.165) is 29.8 Å². The molecular formula is C29H35Cl3N2O4. The van der Waals surface area contributed by atoms with E-state index in [0.29, 0.717) is 11.7 Å². The minimum Gasteiger partial charge on any atom is -0.392 e. The minimum absolute atomic E-state index is 0.0136. The van der Waals surface area contributed by atoms with Crippen molar-refractivity contribution in [2.45, 2.75) is 67.5 Å². The lowest BCUT2D eigenvalue weighted by molar-refractivity contribution is -0.276. The Morgan fingerprint density at radius 3 is 2.47 bits per heavy atom. The Bertz CT molecular complexity index is 1090. The summed E-state index contributed by atoms with van der Waals surface area (Å²) in [7, 11) is 0. The van der Waals surface area contributed by atoms with Crippen molar-refractivity contribution in [1.29, 1.82) is 0 Å². The number of rotatable bonds is 9. The van der Waals surface area contributed by atoms with Gasteiger partial charge in [-0.05, 0) is 36.1 Å². The predicted octanol–water partition coefficient (Wildman–Crippen LogP) is 6.71. The zero-order chi connectivity index (χ0) is 27.3. The van der Waals surface area contributed by atoms with E-state index in [9.17, 15) is 9.90 Å². The van der Waals surface area contributed by atoms with E-state index in [4.69, 9.17) is 44.3 Å². The van der Waals surface area contributed by atoms with Crippen LogP contribution >= 0.6 is 34.8 Å². The van der Waals surface area contributed by atoms with Gasteiger partial charge in [0.2, 0.25) is 0 Å². The fourth-order valence-electron chi connectivity index (χ4n) is 5.33. The van der Waals surface area contributed by atoms with Crippen LogP contribution in [0.4, 0.5) is 5.69 Å². The van der Waals surface area contributed by atoms with E-state index in [1.807, 2.05) is 36.4 Å². The molecule has 38 heavy (non-hydrogen) atoms. The first kappa shape index (κ1) is 29.3. The zero-order valence-electron chi connectivity index (χ0n) is 21.5. The number of nitrogens with zero attached hydrogens (tertiary/aromatic N) is 1. The largest absolute Gasteiger partial charge is 0.392 e. The fourth-order valence-corrected chi connectivity index (χ4v) is 5.47. The number of anilines is 1. The second-order valence-corrected chi connectivity index (χ2v) is 12.4. The van der Waals surface area contributed by atoms with Crippen LogP contribution in [0.3, 0.4) is 0 Å². The molecule has 4 unspecified atom stereocenters. The van der Waals surface area contributed by atoms with Gasteiger partial charge >= 0.3 is 0 Å². The van der Waals surface area contributed by atoms with Crippen LogP contribution in [0.15, 0.2) is 61.2 Å². The Hall–Kier alpha value is -1.64. The molecule has 2 aromatic carbocycles. The van der Waals surface area contributed by atoms with E-state index in [1.54, 1.807) is 18.2 Å². The van der Waals surface area contributed by atoms with Gasteiger partial charge in [0.15, 0.2) is 6.29 Å². The topological polar surface area (TPSA) is 71.0 Å². The van der Waals surface area contributed by atoms with Crippen molar-refractivity contribution in [3.05, 3.63) is 77.9 Å². The summed E-state index contributed by atoms with van der Waals surface area (Å²) < 4.78 is 11.1. The Kier molecular flexibility index (Phi) is 10.1. The first-order chi connectivity index (χ1) is 18.2. The van der Waals surface area contributed by atoms with Crippen LogP contribution < -0.4 is 5.32 Å². The molecule has 1 saturated heterocycles. The molecule has 2 N–H and O–H groups in total. The van der Waals surface area contributed by atoms with E-state index >= 15 is 0 Å². The number of ether oxygens (including phenoxy) is 2. The van der Waals surface area contributed by atoms with E-state index < -0.39 is 16.0 Å². The Balaban J connectivity index is 1.62. The molecule has 9 heteroatoms. The second-order valence-electron chi connectivity index (χ2n) is 10.1. The average Bonchev–Trinajstić information content (AvgIpc) is 3.44. The molecule has 4 rings (SSSR count). The maximum absolute atomic E-state index is 12.2. The summed E-state index contributed by atoms with van der Waals surface area (Å²) in [5.74, 6) is -0.678. The molecule has 1 aliphatic carbocycles. The third-order valence-corrected chi connectivity index (χ3v) is 7.93. The van der Waals surface area contributed by atoms with Gasteiger partial charge in [-0.15, -0.1) is 6.58 Å². The van der Waals surface area contributed by atoms with Gasteiger partial charge in [-0.25, -0.2) is 0 Å². The number of halogens is 3. The molecule has 0 radical (unpaired) electrons. The normalized spacial score (nSPS) is 24.5. The van der Waals surface area contributed by atoms with Crippen LogP contribution in [0.1, 0.15) is 61.7 Å². The monoisotopic (exact) mass is 580 g/mol. The quantitative estimate of drug-likeness (QED) is 0.254. The van der Waals surface area contributed by atoms with Crippen LogP contribution in [0, 0.1) is 5.92 Å². The summed E-state index contributed by atoms with van der Waals surface area (Å²) in [6.45, 7) is 7.69. The van der Waals surface area contributed by atoms with Crippen molar-refractivity contribution in [1.82, 2.24) is 4.90 Å². The lowest BCUT2D eigenvalue weighted by Crippen LogP contribution is -2.47. The van der Waals surface area contributed by atoms with Gasteiger partial charge in [-0.2, -0.15) is 0 Å². The van der Waals surface area contributed by atoms with Crippen molar-refractivity contribution >= 4 is 46.4 Å². The predicted molar refractivity (Wildman–Crippen MR) is 152 cm³/mol. The molecule has 2 aromatic rings. The van der Waals surface area contributed by atoms with Crippen LogP contribution in [-0.4, -0.2) is 44.9 Å². The number of nitrogens with one attached hydrogen (secondary N) is 1. The maximum atomic E-state index is 12.2. The number of aliphatic hydroxyl groups is 1. The van der Waals surface area contributed by atoms with Gasteiger partial charge < -0.3 is 19.9 Å². The van der Waals surface area contributed by atoms with Crippen molar-refractivity contribution in [2.75, 3.05) is 18.4 Å². The van der Waals surface area contributed by atoms with Crippen molar-refractivity contribution in [3.8, 4) is 0 Å². The molecule has 0 spiro atoms. The number of aliphatic hydroxyl groups excluding tert-OH is 1. The molecule has 2 aliphatic rings. The van der Waals surface area contributed by atoms with Gasteiger partial charge in [-0.3, -0.25) is 9.69 Å². The van der Waals surface area contributed by atoms with Gasteiger partial charge in [-0.1, -0.05) is 97.0 Å². The summed E-state index contributed by atoms with van der Waals surface area (Å²) in [4.78, 5) is 14.7. The number of carbonyl (C=O) groups excluding carboxylic acids is 1. The molecule has 1 saturated carbocycles. The first-order valence-corrected chi connectivity index (χ1v) is 14.2. The van der Waals surface area contributed by atoms with E-state index in [-0.39, 0.29) is 24.7 Å². The highest BCUT2D eigenvalue weighted by Crippen LogP contribution is 2.42. The number of carbonyl (C=O) groups is 1. The van der Waals surface area contributed by atoms with E-state index in [1.165, 1.54) is 25.7 Å². The molecule has 4 atom stereocenters. The lowest BCUT2D eigenvalue weighted by Gasteiger charge is -2.43. The highest BCUT2D eigenvalue weighted by Gasteiger charge is 2.40. The number of hydrogen-bond donors (Lipinski definition) is 2. The fraction of sp³-hybridized carbons (Fsp3) is 0.483. The van der Waals surface area contributed by atoms with Gasteiger partial charge in [0, 0.05) is 36.3 Å². The molecule has 2 fully saturated rings. The highest BCUT2D eigenvalue weighted by atomic mass is 35.6. The van der Waals surface area contributed by atoms with Crippen LogP contribution in [0.25, 0.3) is 0 Å². The third kappa shape index (κ3) is 7.30. The van der Waals surface area contributed by atoms with Crippen molar-refractivity contribution < 1.29 is 19.4 Å². The van der Waals surface area contributed by atoms with Crippen LogP contribution in [-0.2, 0) is 20.9 Å². The van der Waals surface area contributed by atoms with Crippen LogP contribution in [0.5, 0.6) is 0 Å². The van der Waals surface area contributed by atoms with Gasteiger partial charge in [0.1, 0.15) is 0 Å². The molecule has 0 bridgehead atoms. The number of hydrogen-bond acceptors (Lipinski definition) is 5. The zero-order valence-corrected chi connectivity index (χ0v) is 23.8. The summed E-state index contributed by atoms with van der Waals surface area (Å²) >= 11 is 17.2. The van der Waals surface area contributed by atoms with Gasteiger partial charge in [0.25, 0.3) is 9.70 Å². The minimum atomic E-state index is -2.07. The van der Waals surface area contributed by atoms with E-state index in [2.05, 4.69) is 23.7 Å². The molecule has 1 heterocycles.